The first-order chi connectivity index (χ1) is 22.3. The van der Waals surface area contributed by atoms with Gasteiger partial charge in [0.05, 0.1) is 53.6 Å². The van der Waals surface area contributed by atoms with Gasteiger partial charge in [-0.3, -0.25) is 9.59 Å². The van der Waals surface area contributed by atoms with E-state index in [1.54, 1.807) is 46.2 Å². The molecule has 0 atom stereocenters. The Morgan fingerprint density at radius 1 is 0.500 bits per heavy atom. The van der Waals surface area contributed by atoms with Crippen LogP contribution in [-0.4, -0.2) is 57.8 Å². The van der Waals surface area contributed by atoms with Gasteiger partial charge in [0.15, 0.2) is 0 Å². The number of fused-ring (bicyclic) bond motifs is 2. The van der Waals surface area contributed by atoms with Crippen molar-refractivity contribution in [3.05, 3.63) is 128 Å². The second kappa shape index (κ2) is 12.5. The second-order valence-corrected chi connectivity index (χ2v) is 12.6. The predicted molar refractivity (Wildman–Crippen MR) is 186 cm³/mol. The highest BCUT2D eigenvalue weighted by Crippen LogP contribution is 2.32. The molecule has 0 unspecified atom stereocenters. The van der Waals surface area contributed by atoms with Crippen LogP contribution in [-0.2, 0) is 0 Å². The van der Waals surface area contributed by atoms with Crippen molar-refractivity contribution in [2.24, 2.45) is 0 Å². The molecule has 6 aromatic rings. The van der Waals surface area contributed by atoms with Crippen LogP contribution in [0.3, 0.4) is 0 Å². The van der Waals surface area contributed by atoms with Gasteiger partial charge in [0, 0.05) is 48.1 Å². The number of para-hydroxylation sites is 2. The summed E-state index contributed by atoms with van der Waals surface area (Å²) in [4.78, 5) is 41.2. The van der Waals surface area contributed by atoms with Crippen LogP contribution in [0.15, 0.2) is 97.1 Å². The maximum Gasteiger partial charge on any atom is 0.254 e. The number of hydrogen-bond acceptors (Lipinski definition) is 4. The summed E-state index contributed by atoms with van der Waals surface area (Å²) < 4.78 is 0. The van der Waals surface area contributed by atoms with Crippen LogP contribution in [0.1, 0.15) is 20.7 Å². The highest BCUT2D eigenvalue weighted by molar-refractivity contribution is 6.42. The van der Waals surface area contributed by atoms with E-state index in [1.807, 2.05) is 60.7 Å². The molecule has 7 rings (SSSR count). The van der Waals surface area contributed by atoms with Crippen LogP contribution < -0.4 is 0 Å². The molecule has 1 saturated heterocycles. The molecule has 2 aromatic heterocycles. The number of carbonyl (C=O) groups excluding carboxylic acids is 2. The molecule has 1 aliphatic heterocycles. The predicted octanol–water partition coefficient (Wildman–Crippen LogP) is 9.33. The van der Waals surface area contributed by atoms with Crippen molar-refractivity contribution in [2.75, 3.05) is 26.2 Å². The largest absolute Gasteiger partial charge is 0.335 e. The first-order valence-electron chi connectivity index (χ1n) is 14.6. The number of hydrogen-bond donors (Lipinski definition) is 0. The lowest BCUT2D eigenvalue weighted by molar-refractivity contribution is 0.0537. The molecule has 0 saturated carbocycles. The van der Waals surface area contributed by atoms with Gasteiger partial charge in [0.25, 0.3) is 11.8 Å². The zero-order chi connectivity index (χ0) is 31.9. The van der Waals surface area contributed by atoms with Crippen molar-refractivity contribution in [1.82, 2.24) is 19.8 Å². The van der Waals surface area contributed by atoms with E-state index in [2.05, 4.69) is 0 Å². The van der Waals surface area contributed by atoms with E-state index >= 15 is 0 Å². The van der Waals surface area contributed by atoms with Crippen molar-refractivity contribution >= 4 is 80.0 Å². The molecule has 0 N–H and O–H groups in total. The molecule has 2 amide bonds. The summed E-state index contributed by atoms with van der Waals surface area (Å²) in [7, 11) is 0. The van der Waals surface area contributed by atoms with Gasteiger partial charge in [-0.1, -0.05) is 94.9 Å². The van der Waals surface area contributed by atoms with Crippen LogP contribution in [0.5, 0.6) is 0 Å². The summed E-state index contributed by atoms with van der Waals surface area (Å²) in [5, 5.41) is 3.23. The molecule has 228 valence electrons. The van der Waals surface area contributed by atoms with Crippen molar-refractivity contribution in [3.63, 3.8) is 0 Å². The third-order valence-electron chi connectivity index (χ3n) is 8.18. The Balaban J connectivity index is 1.16. The maximum absolute atomic E-state index is 14.0. The average molecular weight is 686 g/mol. The molecule has 46 heavy (non-hydrogen) atoms. The lowest BCUT2D eigenvalue weighted by Crippen LogP contribution is -2.50. The molecular weight excluding hydrogens is 662 g/mol. The Morgan fingerprint density at radius 3 is 1.28 bits per heavy atom. The number of halogens is 4. The molecule has 10 heteroatoms. The Labute approximate surface area is 285 Å². The standard InChI is InChI=1S/C36H24Cl4N4O2/c37-27-11-9-21(17-29(27)39)33-19-25(23-5-1-3-7-31(23)41-33)35(45)43-13-15-44(16-14-43)36(46)26-20-34(22-10-12-28(38)30(40)18-22)42-32-8-4-2-6-24(26)32/h1-12,17-20H,13-16H2. The molecule has 1 fully saturated rings. The van der Waals surface area contributed by atoms with Gasteiger partial charge in [-0.15, -0.1) is 0 Å². The molecule has 0 bridgehead atoms. The summed E-state index contributed by atoms with van der Waals surface area (Å²) in [6, 6.07) is 29.3. The van der Waals surface area contributed by atoms with Crippen molar-refractivity contribution in [2.45, 2.75) is 0 Å². The summed E-state index contributed by atoms with van der Waals surface area (Å²) in [6.07, 6.45) is 0. The lowest BCUT2D eigenvalue weighted by Gasteiger charge is -2.35. The Hall–Kier alpha value is -4.20. The summed E-state index contributed by atoms with van der Waals surface area (Å²) in [5.74, 6) is -0.244. The van der Waals surface area contributed by atoms with E-state index in [0.717, 1.165) is 21.9 Å². The minimum Gasteiger partial charge on any atom is -0.335 e. The van der Waals surface area contributed by atoms with E-state index in [1.165, 1.54) is 0 Å². The Bertz CT molecular complexity index is 2030. The molecule has 0 spiro atoms. The van der Waals surface area contributed by atoms with Crippen LogP contribution in [0, 0.1) is 0 Å². The quantitative estimate of drug-likeness (QED) is 0.186. The van der Waals surface area contributed by atoms with Crippen LogP contribution in [0.2, 0.25) is 20.1 Å². The summed E-state index contributed by atoms with van der Waals surface area (Å²) in [6.45, 7) is 1.52. The number of carbonyl (C=O) groups is 2. The monoisotopic (exact) mass is 684 g/mol. The zero-order valence-electron chi connectivity index (χ0n) is 24.2. The fourth-order valence-electron chi connectivity index (χ4n) is 5.76. The number of benzene rings is 4. The van der Waals surface area contributed by atoms with E-state index in [0.29, 0.717) is 79.8 Å². The topological polar surface area (TPSA) is 66.4 Å². The summed E-state index contributed by atoms with van der Waals surface area (Å²) >= 11 is 24.9. The van der Waals surface area contributed by atoms with E-state index < -0.39 is 0 Å². The second-order valence-electron chi connectivity index (χ2n) is 11.0. The van der Waals surface area contributed by atoms with Gasteiger partial charge in [0.1, 0.15) is 0 Å². The normalized spacial score (nSPS) is 13.4. The molecule has 0 radical (unpaired) electrons. The van der Waals surface area contributed by atoms with Crippen LogP contribution >= 0.6 is 46.4 Å². The number of aromatic nitrogens is 2. The first-order valence-corrected chi connectivity index (χ1v) is 16.1. The number of nitrogens with zero attached hydrogens (tertiary/aromatic N) is 4. The van der Waals surface area contributed by atoms with Gasteiger partial charge in [0.2, 0.25) is 0 Å². The van der Waals surface area contributed by atoms with Gasteiger partial charge in [-0.25, -0.2) is 9.97 Å². The number of piperazine rings is 1. The molecule has 6 nitrogen and oxygen atoms in total. The summed E-state index contributed by atoms with van der Waals surface area (Å²) in [5.41, 5.74) is 5.24. The third-order valence-corrected chi connectivity index (χ3v) is 9.66. The van der Waals surface area contributed by atoms with Crippen LogP contribution in [0.25, 0.3) is 44.3 Å². The fourth-order valence-corrected chi connectivity index (χ4v) is 6.36. The van der Waals surface area contributed by atoms with Gasteiger partial charge >= 0.3 is 0 Å². The molecule has 0 aliphatic carbocycles. The number of rotatable bonds is 4. The van der Waals surface area contributed by atoms with Crippen molar-refractivity contribution in [1.29, 1.82) is 0 Å². The molecule has 4 aromatic carbocycles. The number of amides is 2. The number of pyridine rings is 2. The van der Waals surface area contributed by atoms with Gasteiger partial charge in [-0.2, -0.15) is 0 Å². The lowest BCUT2D eigenvalue weighted by atomic mass is 10.0. The minimum absolute atomic E-state index is 0.122. The SMILES string of the molecule is O=C(c1cc(-c2ccc(Cl)c(Cl)c2)nc2ccccc12)N1CCN(C(=O)c2cc(-c3ccc(Cl)c(Cl)c3)nc3ccccc23)CC1. The zero-order valence-corrected chi connectivity index (χ0v) is 27.2. The first kappa shape index (κ1) is 30.5. The molecular formula is C36H24Cl4N4O2. The average Bonchev–Trinajstić information content (AvgIpc) is 3.09. The van der Waals surface area contributed by atoms with Crippen molar-refractivity contribution in [3.8, 4) is 22.5 Å². The Morgan fingerprint density at radius 2 is 0.891 bits per heavy atom. The molecule has 3 heterocycles. The van der Waals surface area contributed by atoms with E-state index in [-0.39, 0.29) is 11.8 Å². The third kappa shape index (κ3) is 5.78. The molecule has 1 aliphatic rings. The van der Waals surface area contributed by atoms with E-state index in [9.17, 15) is 9.59 Å². The smallest absolute Gasteiger partial charge is 0.254 e. The minimum atomic E-state index is -0.122. The van der Waals surface area contributed by atoms with E-state index in [4.69, 9.17) is 56.4 Å². The van der Waals surface area contributed by atoms with Crippen molar-refractivity contribution < 1.29 is 9.59 Å². The highest BCUT2D eigenvalue weighted by Gasteiger charge is 2.28. The van der Waals surface area contributed by atoms with Gasteiger partial charge < -0.3 is 9.80 Å². The fraction of sp³-hybridized carbons (Fsp3) is 0.111. The highest BCUT2D eigenvalue weighted by atomic mass is 35.5. The maximum atomic E-state index is 14.0. The Kier molecular flexibility index (Phi) is 8.30. The van der Waals surface area contributed by atoms with Crippen LogP contribution in [0.4, 0.5) is 0 Å². The van der Waals surface area contributed by atoms with Gasteiger partial charge in [-0.05, 0) is 48.5 Å².